The van der Waals surface area contributed by atoms with E-state index >= 15 is 0 Å². The summed E-state index contributed by atoms with van der Waals surface area (Å²) in [7, 11) is 0. The Balaban J connectivity index is 2.69. The summed E-state index contributed by atoms with van der Waals surface area (Å²) in [5, 5.41) is 5.02. The molecule has 0 bridgehead atoms. The largest absolute Gasteiger partial charge is 0.333 e. The van der Waals surface area contributed by atoms with Crippen LogP contribution in [0.15, 0.2) is 18.2 Å². The van der Waals surface area contributed by atoms with Crippen molar-refractivity contribution >= 4 is 11.7 Å². The number of amides is 2. The van der Waals surface area contributed by atoms with E-state index < -0.39 is 17.7 Å². The molecule has 0 saturated heterocycles. The molecule has 0 saturated carbocycles. The minimum Gasteiger partial charge on any atom is -0.333 e. The summed E-state index contributed by atoms with van der Waals surface area (Å²) in [5.41, 5.74) is -0.420. The van der Waals surface area contributed by atoms with Crippen molar-refractivity contribution in [2.45, 2.75) is 32.7 Å². The molecule has 0 aliphatic carbocycles. The average Bonchev–Trinajstić information content (AvgIpc) is 2.21. The molecule has 1 aromatic rings. The average molecular weight is 242 g/mol. The Morgan fingerprint density at radius 1 is 1.35 bits per heavy atom. The topological polar surface area (TPSA) is 41.1 Å². The van der Waals surface area contributed by atoms with Gasteiger partial charge in [-0.2, -0.15) is 0 Å². The van der Waals surface area contributed by atoms with Gasteiger partial charge in [-0.3, -0.25) is 0 Å². The highest BCUT2D eigenvalue weighted by atomic mass is 19.1. The van der Waals surface area contributed by atoms with Crippen molar-refractivity contribution in [3.8, 4) is 0 Å². The van der Waals surface area contributed by atoms with Gasteiger partial charge in [0.1, 0.15) is 11.6 Å². The van der Waals surface area contributed by atoms with Gasteiger partial charge in [-0.05, 0) is 32.4 Å². The summed E-state index contributed by atoms with van der Waals surface area (Å²) >= 11 is 0. The minimum atomic E-state index is -0.797. The van der Waals surface area contributed by atoms with Gasteiger partial charge >= 0.3 is 6.03 Å². The van der Waals surface area contributed by atoms with Crippen LogP contribution >= 0.6 is 0 Å². The van der Waals surface area contributed by atoms with E-state index in [1.165, 1.54) is 6.07 Å². The van der Waals surface area contributed by atoms with Crippen LogP contribution in [-0.2, 0) is 0 Å². The predicted molar refractivity (Wildman–Crippen MR) is 62.9 cm³/mol. The second-order valence-corrected chi connectivity index (χ2v) is 4.44. The van der Waals surface area contributed by atoms with Crippen molar-refractivity contribution in [3.63, 3.8) is 0 Å². The molecule has 0 unspecified atom stereocenters. The van der Waals surface area contributed by atoms with E-state index in [9.17, 15) is 13.6 Å². The van der Waals surface area contributed by atoms with Gasteiger partial charge < -0.3 is 10.6 Å². The quantitative estimate of drug-likeness (QED) is 0.839. The van der Waals surface area contributed by atoms with Crippen LogP contribution in [0.1, 0.15) is 27.2 Å². The predicted octanol–water partition coefficient (Wildman–Crippen LogP) is 3.27. The van der Waals surface area contributed by atoms with E-state index in [4.69, 9.17) is 0 Å². The standard InChI is InChI=1S/C12H16F2N2O/c1-4-12(2,3)16-11(17)15-10-6-5-8(13)7-9(10)14/h5-7H,4H2,1-3H3,(H2,15,16,17). The number of anilines is 1. The zero-order valence-electron chi connectivity index (χ0n) is 10.1. The molecule has 2 amide bonds. The van der Waals surface area contributed by atoms with E-state index in [2.05, 4.69) is 10.6 Å². The number of nitrogens with one attached hydrogen (secondary N) is 2. The van der Waals surface area contributed by atoms with Gasteiger partial charge in [0, 0.05) is 11.6 Å². The van der Waals surface area contributed by atoms with Crippen LogP contribution in [0.2, 0.25) is 0 Å². The Bertz CT molecular complexity index is 419. The van der Waals surface area contributed by atoms with Crippen molar-refractivity contribution in [1.29, 1.82) is 0 Å². The molecule has 17 heavy (non-hydrogen) atoms. The summed E-state index contributed by atoms with van der Waals surface area (Å²) in [6, 6.07) is 2.48. The van der Waals surface area contributed by atoms with Gasteiger partial charge in [0.2, 0.25) is 0 Å². The Kier molecular flexibility index (Phi) is 4.04. The normalized spacial score (nSPS) is 11.1. The van der Waals surface area contributed by atoms with Crippen molar-refractivity contribution in [3.05, 3.63) is 29.8 Å². The fourth-order valence-corrected chi connectivity index (χ4v) is 1.14. The summed E-state index contributed by atoms with van der Waals surface area (Å²) < 4.78 is 25.9. The second-order valence-electron chi connectivity index (χ2n) is 4.44. The lowest BCUT2D eigenvalue weighted by molar-refractivity contribution is 0.240. The first kappa shape index (κ1) is 13.4. The Labute approximate surface area is 99.2 Å². The molecule has 1 rings (SSSR count). The van der Waals surface area contributed by atoms with Crippen LogP contribution in [0.25, 0.3) is 0 Å². The lowest BCUT2D eigenvalue weighted by Crippen LogP contribution is -2.45. The van der Waals surface area contributed by atoms with Crippen LogP contribution in [-0.4, -0.2) is 11.6 Å². The molecular weight excluding hydrogens is 226 g/mol. The molecule has 0 aliphatic heterocycles. The number of halogens is 2. The van der Waals surface area contributed by atoms with Crippen LogP contribution in [0, 0.1) is 11.6 Å². The minimum absolute atomic E-state index is 0.0456. The monoisotopic (exact) mass is 242 g/mol. The number of carbonyl (C=O) groups excluding carboxylic acids is 1. The SMILES string of the molecule is CCC(C)(C)NC(=O)Nc1ccc(F)cc1F. The number of carbonyl (C=O) groups is 1. The molecule has 3 nitrogen and oxygen atoms in total. The molecule has 0 spiro atoms. The maximum absolute atomic E-state index is 13.2. The molecule has 0 aliphatic rings. The van der Waals surface area contributed by atoms with E-state index in [-0.39, 0.29) is 11.2 Å². The molecule has 2 N–H and O–H groups in total. The van der Waals surface area contributed by atoms with Crippen LogP contribution in [0.5, 0.6) is 0 Å². The van der Waals surface area contributed by atoms with E-state index in [0.29, 0.717) is 0 Å². The van der Waals surface area contributed by atoms with Gasteiger partial charge in [-0.15, -0.1) is 0 Å². The summed E-state index contributed by atoms with van der Waals surface area (Å²) in [5.74, 6) is -1.48. The Morgan fingerprint density at radius 3 is 2.53 bits per heavy atom. The molecule has 1 aromatic carbocycles. The fraction of sp³-hybridized carbons (Fsp3) is 0.417. The first-order valence-electron chi connectivity index (χ1n) is 5.38. The molecule has 0 atom stereocenters. The summed E-state index contributed by atoms with van der Waals surface area (Å²) in [4.78, 5) is 11.5. The Morgan fingerprint density at radius 2 is 2.00 bits per heavy atom. The number of rotatable bonds is 3. The summed E-state index contributed by atoms with van der Waals surface area (Å²) in [6.07, 6.45) is 0.742. The maximum atomic E-state index is 13.2. The maximum Gasteiger partial charge on any atom is 0.319 e. The third-order valence-corrected chi connectivity index (χ3v) is 2.52. The molecule has 0 radical (unpaired) electrons. The smallest absolute Gasteiger partial charge is 0.319 e. The lowest BCUT2D eigenvalue weighted by Gasteiger charge is -2.24. The van der Waals surface area contributed by atoms with Gasteiger partial charge in [0.15, 0.2) is 0 Å². The lowest BCUT2D eigenvalue weighted by atomic mass is 10.0. The van der Waals surface area contributed by atoms with Gasteiger partial charge in [0.25, 0.3) is 0 Å². The van der Waals surface area contributed by atoms with Crippen molar-refractivity contribution in [2.75, 3.05) is 5.32 Å². The van der Waals surface area contributed by atoms with Gasteiger partial charge in [-0.25, -0.2) is 13.6 Å². The molecule has 0 fully saturated rings. The third-order valence-electron chi connectivity index (χ3n) is 2.52. The zero-order chi connectivity index (χ0) is 13.1. The molecule has 5 heteroatoms. The van der Waals surface area contributed by atoms with Crippen LogP contribution < -0.4 is 10.6 Å². The first-order valence-corrected chi connectivity index (χ1v) is 5.38. The van der Waals surface area contributed by atoms with Crippen LogP contribution in [0.3, 0.4) is 0 Å². The highest BCUT2D eigenvalue weighted by Gasteiger charge is 2.18. The highest BCUT2D eigenvalue weighted by Crippen LogP contribution is 2.15. The van der Waals surface area contributed by atoms with E-state index in [1.807, 2.05) is 20.8 Å². The van der Waals surface area contributed by atoms with Crippen LogP contribution in [0.4, 0.5) is 19.3 Å². The Hall–Kier alpha value is -1.65. The molecule has 94 valence electrons. The fourth-order valence-electron chi connectivity index (χ4n) is 1.14. The number of urea groups is 1. The number of benzene rings is 1. The van der Waals surface area contributed by atoms with Crippen molar-refractivity contribution < 1.29 is 13.6 Å². The molecule has 0 aromatic heterocycles. The van der Waals surface area contributed by atoms with Gasteiger partial charge in [0.05, 0.1) is 5.69 Å². The highest BCUT2D eigenvalue weighted by molar-refractivity contribution is 5.89. The van der Waals surface area contributed by atoms with Crippen molar-refractivity contribution in [1.82, 2.24) is 5.32 Å². The molecular formula is C12H16F2N2O. The molecule has 0 heterocycles. The number of hydrogen-bond donors (Lipinski definition) is 2. The van der Waals surface area contributed by atoms with E-state index in [1.54, 1.807) is 0 Å². The van der Waals surface area contributed by atoms with E-state index in [0.717, 1.165) is 18.6 Å². The summed E-state index contributed by atoms with van der Waals surface area (Å²) in [6.45, 7) is 5.64. The third kappa shape index (κ3) is 4.01. The second kappa shape index (κ2) is 5.12. The van der Waals surface area contributed by atoms with Crippen molar-refractivity contribution in [2.24, 2.45) is 0 Å². The zero-order valence-corrected chi connectivity index (χ0v) is 10.1. The number of hydrogen-bond acceptors (Lipinski definition) is 1. The van der Waals surface area contributed by atoms with Gasteiger partial charge in [-0.1, -0.05) is 6.92 Å². The first-order chi connectivity index (χ1) is 7.84.